The van der Waals surface area contributed by atoms with Crippen LogP contribution in [0.25, 0.3) is 0 Å². The van der Waals surface area contributed by atoms with Gasteiger partial charge in [0.1, 0.15) is 0 Å². The SMILES string of the molecule is Cc1ccc(S(=O)(=O)Nc2ccc(NC(=O)Cc3ccccc3Cl)cc2)cc1. The average molecular weight is 415 g/mol. The molecule has 0 unspecified atom stereocenters. The molecule has 7 heteroatoms. The molecule has 3 aromatic rings. The molecule has 5 nitrogen and oxygen atoms in total. The molecule has 0 aliphatic carbocycles. The van der Waals surface area contributed by atoms with Crippen LogP contribution < -0.4 is 10.0 Å². The van der Waals surface area contributed by atoms with Crippen LogP contribution in [0.2, 0.25) is 5.02 Å². The van der Waals surface area contributed by atoms with Gasteiger partial charge in [0.05, 0.1) is 11.3 Å². The van der Waals surface area contributed by atoms with Crippen molar-refractivity contribution >= 4 is 38.9 Å². The lowest BCUT2D eigenvalue weighted by atomic mass is 10.1. The highest BCUT2D eigenvalue weighted by atomic mass is 35.5. The largest absolute Gasteiger partial charge is 0.326 e. The first-order chi connectivity index (χ1) is 13.3. The minimum absolute atomic E-state index is 0.154. The van der Waals surface area contributed by atoms with Gasteiger partial charge in [-0.15, -0.1) is 0 Å². The lowest BCUT2D eigenvalue weighted by molar-refractivity contribution is -0.115. The highest BCUT2D eigenvalue weighted by Gasteiger charge is 2.14. The highest BCUT2D eigenvalue weighted by molar-refractivity contribution is 7.92. The number of benzene rings is 3. The Morgan fingerprint density at radius 3 is 2.14 bits per heavy atom. The third-order valence-corrected chi connectivity index (χ3v) is 5.83. The molecule has 0 aliphatic heterocycles. The second kappa shape index (κ2) is 8.46. The fraction of sp³-hybridized carbons (Fsp3) is 0.0952. The van der Waals surface area contributed by atoms with Crippen molar-refractivity contribution in [1.82, 2.24) is 0 Å². The second-order valence-corrected chi connectivity index (χ2v) is 8.40. The summed E-state index contributed by atoms with van der Waals surface area (Å²) >= 11 is 6.07. The molecule has 0 radical (unpaired) electrons. The summed E-state index contributed by atoms with van der Waals surface area (Å²) in [6.07, 6.45) is 0.154. The second-order valence-electron chi connectivity index (χ2n) is 6.31. The molecule has 0 bridgehead atoms. The Morgan fingerprint density at radius 1 is 0.893 bits per heavy atom. The van der Waals surface area contributed by atoms with Crippen molar-refractivity contribution in [3.63, 3.8) is 0 Å². The van der Waals surface area contributed by atoms with E-state index in [1.54, 1.807) is 66.7 Å². The fourth-order valence-electron chi connectivity index (χ4n) is 2.57. The smallest absolute Gasteiger partial charge is 0.261 e. The van der Waals surface area contributed by atoms with Crippen LogP contribution >= 0.6 is 11.6 Å². The summed E-state index contributed by atoms with van der Waals surface area (Å²) < 4.78 is 27.4. The van der Waals surface area contributed by atoms with E-state index in [-0.39, 0.29) is 17.2 Å². The standard InChI is InChI=1S/C21H19ClN2O3S/c1-15-6-12-19(13-7-15)28(26,27)24-18-10-8-17(9-11-18)23-21(25)14-16-4-2-3-5-20(16)22/h2-13,24H,14H2,1H3,(H,23,25). The number of rotatable bonds is 6. The molecule has 0 spiro atoms. The molecule has 0 aromatic heterocycles. The minimum atomic E-state index is -3.66. The van der Waals surface area contributed by atoms with Crippen LogP contribution in [0.5, 0.6) is 0 Å². The summed E-state index contributed by atoms with van der Waals surface area (Å²) in [4.78, 5) is 12.4. The van der Waals surface area contributed by atoms with Gasteiger partial charge in [0.25, 0.3) is 10.0 Å². The fourth-order valence-corrected chi connectivity index (χ4v) is 3.83. The third-order valence-electron chi connectivity index (χ3n) is 4.06. The monoisotopic (exact) mass is 414 g/mol. The summed E-state index contributed by atoms with van der Waals surface area (Å²) in [5.41, 5.74) is 2.69. The number of aryl methyl sites for hydroxylation is 1. The van der Waals surface area contributed by atoms with Gasteiger partial charge in [0.15, 0.2) is 0 Å². The number of sulfonamides is 1. The Balaban J connectivity index is 1.64. The zero-order chi connectivity index (χ0) is 20.1. The Morgan fingerprint density at radius 2 is 1.50 bits per heavy atom. The Labute approximate surface area is 169 Å². The number of carbonyl (C=O) groups is 1. The van der Waals surface area contributed by atoms with Gasteiger partial charge < -0.3 is 5.32 Å². The number of carbonyl (C=O) groups excluding carboxylic acids is 1. The molecule has 0 aliphatic rings. The van der Waals surface area contributed by atoms with Crippen molar-refractivity contribution < 1.29 is 13.2 Å². The maximum absolute atomic E-state index is 12.4. The number of nitrogens with one attached hydrogen (secondary N) is 2. The molecule has 1 amide bonds. The topological polar surface area (TPSA) is 75.3 Å². The number of halogens is 1. The molecular formula is C21H19ClN2O3S. The Kier molecular flexibility index (Phi) is 6.02. The van der Waals surface area contributed by atoms with E-state index < -0.39 is 10.0 Å². The lowest BCUT2D eigenvalue weighted by Gasteiger charge is -2.10. The van der Waals surface area contributed by atoms with Gasteiger partial charge in [0.2, 0.25) is 5.91 Å². The number of anilines is 2. The van der Waals surface area contributed by atoms with Crippen LogP contribution in [-0.4, -0.2) is 14.3 Å². The van der Waals surface area contributed by atoms with Crippen molar-refractivity contribution in [2.24, 2.45) is 0 Å². The van der Waals surface area contributed by atoms with Crippen molar-refractivity contribution in [3.8, 4) is 0 Å². The number of amides is 1. The molecule has 2 N–H and O–H groups in total. The van der Waals surface area contributed by atoms with E-state index in [1.807, 2.05) is 13.0 Å². The predicted octanol–water partition coefficient (Wildman–Crippen LogP) is 4.63. The van der Waals surface area contributed by atoms with Crippen LogP contribution in [0.3, 0.4) is 0 Å². The molecule has 3 aromatic carbocycles. The molecule has 0 heterocycles. The molecule has 144 valence electrons. The zero-order valence-electron chi connectivity index (χ0n) is 15.1. The van der Waals surface area contributed by atoms with E-state index in [0.717, 1.165) is 11.1 Å². The van der Waals surface area contributed by atoms with Gasteiger partial charge in [-0.2, -0.15) is 0 Å². The summed E-state index contributed by atoms with van der Waals surface area (Å²) in [6, 6.07) is 20.2. The molecular weight excluding hydrogens is 396 g/mol. The van der Waals surface area contributed by atoms with Crippen molar-refractivity contribution in [1.29, 1.82) is 0 Å². The number of hydrogen-bond donors (Lipinski definition) is 2. The van der Waals surface area contributed by atoms with Crippen molar-refractivity contribution in [2.75, 3.05) is 10.0 Å². The lowest BCUT2D eigenvalue weighted by Crippen LogP contribution is -2.15. The molecule has 0 fully saturated rings. The predicted molar refractivity (Wildman–Crippen MR) is 112 cm³/mol. The average Bonchev–Trinajstić information content (AvgIpc) is 2.65. The van der Waals surface area contributed by atoms with Crippen LogP contribution in [0.4, 0.5) is 11.4 Å². The summed E-state index contributed by atoms with van der Waals surface area (Å²) in [7, 11) is -3.66. The first kappa shape index (κ1) is 19.9. The summed E-state index contributed by atoms with van der Waals surface area (Å²) in [6.45, 7) is 1.89. The zero-order valence-corrected chi connectivity index (χ0v) is 16.7. The maximum Gasteiger partial charge on any atom is 0.261 e. The van der Waals surface area contributed by atoms with Crippen LogP contribution in [0, 0.1) is 6.92 Å². The van der Waals surface area contributed by atoms with E-state index in [0.29, 0.717) is 16.4 Å². The first-order valence-corrected chi connectivity index (χ1v) is 10.4. The van der Waals surface area contributed by atoms with E-state index in [9.17, 15) is 13.2 Å². The molecule has 0 saturated heterocycles. The van der Waals surface area contributed by atoms with Gasteiger partial charge in [-0.25, -0.2) is 8.42 Å². The van der Waals surface area contributed by atoms with E-state index in [2.05, 4.69) is 10.0 Å². The van der Waals surface area contributed by atoms with Crippen LogP contribution in [-0.2, 0) is 21.2 Å². The summed E-state index contributed by atoms with van der Waals surface area (Å²) in [5.74, 6) is -0.207. The molecule has 0 atom stereocenters. The van der Waals surface area contributed by atoms with Gasteiger partial charge in [-0.1, -0.05) is 47.5 Å². The van der Waals surface area contributed by atoms with Gasteiger partial charge in [0, 0.05) is 16.4 Å². The highest BCUT2D eigenvalue weighted by Crippen LogP contribution is 2.20. The van der Waals surface area contributed by atoms with Gasteiger partial charge in [-0.3, -0.25) is 9.52 Å². The van der Waals surface area contributed by atoms with Crippen molar-refractivity contribution in [3.05, 3.63) is 88.9 Å². The third kappa shape index (κ3) is 5.12. The van der Waals surface area contributed by atoms with Gasteiger partial charge in [-0.05, 0) is 55.0 Å². The normalized spacial score (nSPS) is 11.1. The van der Waals surface area contributed by atoms with E-state index >= 15 is 0 Å². The molecule has 3 rings (SSSR count). The van der Waals surface area contributed by atoms with Crippen LogP contribution in [0.1, 0.15) is 11.1 Å². The first-order valence-electron chi connectivity index (χ1n) is 8.56. The summed E-state index contributed by atoms with van der Waals surface area (Å²) in [5, 5.41) is 3.31. The quantitative estimate of drug-likeness (QED) is 0.617. The molecule has 28 heavy (non-hydrogen) atoms. The number of hydrogen-bond acceptors (Lipinski definition) is 3. The van der Waals surface area contributed by atoms with E-state index in [4.69, 9.17) is 11.6 Å². The van der Waals surface area contributed by atoms with E-state index in [1.165, 1.54) is 0 Å². The maximum atomic E-state index is 12.4. The Hall–Kier alpha value is -2.83. The minimum Gasteiger partial charge on any atom is -0.326 e. The van der Waals surface area contributed by atoms with Gasteiger partial charge >= 0.3 is 0 Å². The Bertz CT molecular complexity index is 1080. The van der Waals surface area contributed by atoms with Crippen LogP contribution in [0.15, 0.2) is 77.7 Å². The van der Waals surface area contributed by atoms with Crippen molar-refractivity contribution in [2.45, 2.75) is 18.2 Å². The molecule has 0 saturated carbocycles.